The fourth-order valence-electron chi connectivity index (χ4n) is 3.07. The molecule has 0 radical (unpaired) electrons. The summed E-state index contributed by atoms with van der Waals surface area (Å²) in [6, 6.07) is 10.0. The number of hydrogen-bond acceptors (Lipinski definition) is 7. The van der Waals surface area contributed by atoms with Crippen LogP contribution in [0, 0.1) is 5.92 Å². The first kappa shape index (κ1) is 25.3. The third kappa shape index (κ3) is 6.78. The van der Waals surface area contributed by atoms with Crippen molar-refractivity contribution in [3.63, 3.8) is 0 Å². The van der Waals surface area contributed by atoms with Crippen LogP contribution in [0.1, 0.15) is 36.7 Å². The van der Waals surface area contributed by atoms with E-state index in [2.05, 4.69) is 0 Å². The van der Waals surface area contributed by atoms with Gasteiger partial charge in [-0.2, -0.15) is 8.42 Å². The Balaban J connectivity index is 2.40. The van der Waals surface area contributed by atoms with Crippen LogP contribution in [-0.2, 0) is 16.7 Å². The lowest BCUT2D eigenvalue weighted by Crippen LogP contribution is -2.33. The summed E-state index contributed by atoms with van der Waals surface area (Å²) >= 11 is 0. The smallest absolute Gasteiger partial charge is 0.309 e. The Bertz CT molecular complexity index is 1010. The maximum absolute atomic E-state index is 13.4. The van der Waals surface area contributed by atoms with E-state index < -0.39 is 10.1 Å². The van der Waals surface area contributed by atoms with Gasteiger partial charge in [-0.05, 0) is 42.7 Å². The molecule has 0 aliphatic rings. The van der Waals surface area contributed by atoms with Crippen molar-refractivity contribution >= 4 is 16.0 Å². The molecular weight excluding hydrogens is 434 g/mol. The highest BCUT2D eigenvalue weighted by Crippen LogP contribution is 2.30. The van der Waals surface area contributed by atoms with Gasteiger partial charge in [-0.25, -0.2) is 0 Å². The maximum atomic E-state index is 13.4. The van der Waals surface area contributed by atoms with E-state index >= 15 is 0 Å². The largest absolute Gasteiger partial charge is 0.497 e. The topological polar surface area (TPSA) is 91.4 Å². The van der Waals surface area contributed by atoms with E-state index in [9.17, 15) is 13.2 Å². The van der Waals surface area contributed by atoms with Gasteiger partial charge in [0.25, 0.3) is 5.91 Å². The minimum Gasteiger partial charge on any atom is -0.497 e. The lowest BCUT2D eigenvalue weighted by molar-refractivity contribution is 0.0721. The van der Waals surface area contributed by atoms with Gasteiger partial charge in [-0.3, -0.25) is 4.79 Å². The van der Waals surface area contributed by atoms with Crippen LogP contribution in [0.15, 0.2) is 36.4 Å². The van der Waals surface area contributed by atoms with Crippen LogP contribution in [0.4, 0.5) is 0 Å². The zero-order valence-corrected chi connectivity index (χ0v) is 20.2. The minimum atomic E-state index is -3.73. The molecule has 32 heavy (non-hydrogen) atoms. The lowest BCUT2D eigenvalue weighted by atomic mass is 10.1. The highest BCUT2D eigenvalue weighted by molar-refractivity contribution is 7.87. The van der Waals surface area contributed by atoms with Gasteiger partial charge in [0.05, 0.1) is 27.1 Å². The van der Waals surface area contributed by atoms with E-state index in [1.807, 2.05) is 13.8 Å². The number of methoxy groups -OCH3 is 3. The van der Waals surface area contributed by atoms with Gasteiger partial charge in [0.1, 0.15) is 11.5 Å². The zero-order valence-electron chi connectivity index (χ0n) is 19.4. The maximum Gasteiger partial charge on any atom is 0.309 e. The molecule has 2 aromatic carbocycles. The molecule has 0 aliphatic heterocycles. The summed E-state index contributed by atoms with van der Waals surface area (Å²) in [6.07, 6.45) is 0. The standard InChI is InChI=1S/C23H31NO7S/c1-7-32(26,27)31-22-10-17(8-9-21(22)30-6)15-24(14-16(2)3)23(25)18-11-19(28-4)13-20(12-18)29-5/h8-13,16H,7,14-15H2,1-6H3. The van der Waals surface area contributed by atoms with E-state index in [0.29, 0.717) is 34.9 Å². The van der Waals surface area contributed by atoms with Gasteiger partial charge in [0.2, 0.25) is 0 Å². The molecule has 0 unspecified atom stereocenters. The molecule has 0 fully saturated rings. The van der Waals surface area contributed by atoms with Crippen molar-refractivity contribution in [1.82, 2.24) is 4.90 Å². The summed E-state index contributed by atoms with van der Waals surface area (Å²) in [7, 11) is 0.755. The summed E-state index contributed by atoms with van der Waals surface area (Å²) < 4.78 is 44.9. The third-order valence-corrected chi connectivity index (χ3v) is 5.78. The van der Waals surface area contributed by atoms with Gasteiger partial charge in [0.15, 0.2) is 11.5 Å². The molecule has 1 amide bonds. The Morgan fingerprint density at radius 3 is 2.06 bits per heavy atom. The number of nitrogens with zero attached hydrogens (tertiary/aromatic N) is 1. The average molecular weight is 466 g/mol. The second-order valence-electron chi connectivity index (χ2n) is 7.60. The van der Waals surface area contributed by atoms with Crippen molar-refractivity contribution in [3.05, 3.63) is 47.5 Å². The third-order valence-electron chi connectivity index (χ3n) is 4.64. The molecule has 0 spiro atoms. The SMILES string of the molecule is CCS(=O)(=O)Oc1cc(CN(CC(C)C)C(=O)c2cc(OC)cc(OC)c2)ccc1OC. The van der Waals surface area contributed by atoms with Crippen molar-refractivity contribution in [2.24, 2.45) is 5.92 Å². The molecule has 0 heterocycles. The molecule has 0 bridgehead atoms. The second kappa shape index (κ2) is 11.1. The molecule has 0 saturated heterocycles. The molecule has 9 heteroatoms. The van der Waals surface area contributed by atoms with Crippen molar-refractivity contribution in [3.8, 4) is 23.0 Å². The monoisotopic (exact) mass is 465 g/mol. The number of carbonyl (C=O) groups excluding carboxylic acids is 1. The highest BCUT2D eigenvalue weighted by Gasteiger charge is 2.21. The second-order valence-corrected chi connectivity index (χ2v) is 9.46. The molecule has 0 N–H and O–H groups in total. The van der Waals surface area contributed by atoms with E-state index in [0.717, 1.165) is 0 Å². The normalized spacial score (nSPS) is 11.2. The minimum absolute atomic E-state index is 0.0897. The Labute approximate surface area is 190 Å². The molecule has 2 rings (SSSR count). The predicted molar refractivity (Wildman–Crippen MR) is 122 cm³/mol. The van der Waals surface area contributed by atoms with E-state index in [4.69, 9.17) is 18.4 Å². The molecular formula is C23H31NO7S. The first-order chi connectivity index (χ1) is 15.1. The first-order valence-corrected chi connectivity index (χ1v) is 11.8. The van der Waals surface area contributed by atoms with Gasteiger partial charge in [-0.1, -0.05) is 19.9 Å². The number of carbonyl (C=O) groups is 1. The summed E-state index contributed by atoms with van der Waals surface area (Å²) in [5, 5.41) is 0. The Morgan fingerprint density at radius 1 is 0.938 bits per heavy atom. The Kier molecular flexibility index (Phi) is 8.77. The van der Waals surface area contributed by atoms with Crippen molar-refractivity contribution < 1.29 is 31.6 Å². The summed E-state index contributed by atoms with van der Waals surface area (Å²) in [6.45, 7) is 6.28. The first-order valence-electron chi connectivity index (χ1n) is 10.2. The van der Waals surface area contributed by atoms with Crippen LogP contribution in [0.3, 0.4) is 0 Å². The number of rotatable bonds is 11. The molecule has 176 valence electrons. The van der Waals surface area contributed by atoms with Crippen LogP contribution in [0.2, 0.25) is 0 Å². The number of ether oxygens (including phenoxy) is 3. The van der Waals surface area contributed by atoms with Crippen molar-refractivity contribution in [1.29, 1.82) is 0 Å². The quantitative estimate of drug-likeness (QED) is 0.467. The van der Waals surface area contributed by atoms with Crippen LogP contribution in [0.5, 0.6) is 23.0 Å². The summed E-state index contributed by atoms with van der Waals surface area (Å²) in [4.78, 5) is 15.1. The van der Waals surface area contributed by atoms with Crippen molar-refractivity contribution in [2.75, 3.05) is 33.6 Å². The van der Waals surface area contributed by atoms with Crippen LogP contribution in [-0.4, -0.2) is 52.9 Å². The van der Waals surface area contributed by atoms with Gasteiger partial charge >= 0.3 is 10.1 Å². The average Bonchev–Trinajstić information content (AvgIpc) is 2.77. The van der Waals surface area contributed by atoms with Gasteiger partial charge < -0.3 is 23.3 Å². The predicted octanol–water partition coefficient (Wildman–Crippen LogP) is 3.74. The number of amides is 1. The fourth-order valence-corrected chi connectivity index (χ4v) is 3.60. The molecule has 0 aliphatic carbocycles. The van der Waals surface area contributed by atoms with Gasteiger partial charge in [-0.15, -0.1) is 0 Å². The Morgan fingerprint density at radius 2 is 1.56 bits per heavy atom. The molecule has 0 aromatic heterocycles. The summed E-state index contributed by atoms with van der Waals surface area (Å²) in [5.41, 5.74) is 1.14. The Hall–Kier alpha value is -2.94. The van der Waals surface area contributed by atoms with Crippen molar-refractivity contribution in [2.45, 2.75) is 27.3 Å². The number of hydrogen-bond donors (Lipinski definition) is 0. The van der Waals surface area contributed by atoms with Crippen LogP contribution >= 0.6 is 0 Å². The molecule has 0 saturated carbocycles. The zero-order chi connectivity index (χ0) is 23.9. The van der Waals surface area contributed by atoms with E-state index in [-0.39, 0.29) is 29.9 Å². The highest BCUT2D eigenvalue weighted by atomic mass is 32.2. The molecule has 2 aromatic rings. The van der Waals surface area contributed by atoms with E-state index in [1.54, 1.807) is 41.3 Å². The lowest BCUT2D eigenvalue weighted by Gasteiger charge is -2.25. The number of benzene rings is 2. The summed E-state index contributed by atoms with van der Waals surface area (Å²) in [5.74, 6) is 1.26. The van der Waals surface area contributed by atoms with E-state index in [1.165, 1.54) is 28.3 Å². The van der Waals surface area contributed by atoms with Gasteiger partial charge in [0, 0.05) is 24.7 Å². The molecule has 8 nitrogen and oxygen atoms in total. The van der Waals surface area contributed by atoms with Crippen LogP contribution < -0.4 is 18.4 Å². The van der Waals surface area contributed by atoms with Crippen LogP contribution in [0.25, 0.3) is 0 Å². The fraction of sp³-hybridized carbons (Fsp3) is 0.435. The molecule has 0 atom stereocenters.